The maximum atomic E-state index is 12.8. The zero-order valence-electron chi connectivity index (χ0n) is 17.6. The van der Waals surface area contributed by atoms with Gasteiger partial charge in [0.2, 0.25) is 0 Å². The smallest absolute Gasteiger partial charge is 0.321 e. The largest absolute Gasteiger partial charge is 0.493 e. The summed E-state index contributed by atoms with van der Waals surface area (Å²) in [4.78, 5) is 21.3. The summed E-state index contributed by atoms with van der Waals surface area (Å²) in [5, 5.41) is 2.87. The molecule has 0 aliphatic carbocycles. The molecule has 32 heavy (non-hydrogen) atoms. The molecule has 0 radical (unpaired) electrons. The Hall–Kier alpha value is -4.39. The summed E-state index contributed by atoms with van der Waals surface area (Å²) in [6.07, 6.45) is 3.33. The van der Waals surface area contributed by atoms with Crippen LogP contribution in [0.25, 0.3) is 11.1 Å². The summed E-state index contributed by atoms with van der Waals surface area (Å²) < 4.78 is 16.1. The van der Waals surface area contributed by atoms with E-state index in [4.69, 9.17) is 14.2 Å². The van der Waals surface area contributed by atoms with Crippen LogP contribution in [-0.4, -0.2) is 30.1 Å². The van der Waals surface area contributed by atoms with Gasteiger partial charge in [0.25, 0.3) is 5.91 Å². The van der Waals surface area contributed by atoms with Crippen molar-refractivity contribution in [3.05, 3.63) is 90.8 Å². The van der Waals surface area contributed by atoms with E-state index in [1.165, 1.54) is 0 Å². The van der Waals surface area contributed by atoms with E-state index in [0.717, 1.165) is 11.1 Å². The van der Waals surface area contributed by atoms with Crippen LogP contribution in [0.1, 0.15) is 10.4 Å². The van der Waals surface area contributed by atoms with E-state index in [0.29, 0.717) is 28.5 Å². The predicted molar refractivity (Wildman–Crippen MR) is 121 cm³/mol. The van der Waals surface area contributed by atoms with Crippen molar-refractivity contribution in [2.45, 2.75) is 0 Å². The Labute approximate surface area is 185 Å². The highest BCUT2D eigenvalue weighted by atomic mass is 16.5. The number of ether oxygens (including phenoxy) is 3. The molecule has 3 aromatic carbocycles. The highest BCUT2D eigenvalue weighted by molar-refractivity contribution is 6.05. The van der Waals surface area contributed by atoms with Gasteiger partial charge >= 0.3 is 6.01 Å². The summed E-state index contributed by atoms with van der Waals surface area (Å²) in [6.45, 7) is 0. The quantitative estimate of drug-likeness (QED) is 0.436. The first-order chi connectivity index (χ1) is 15.7. The van der Waals surface area contributed by atoms with Crippen LogP contribution < -0.4 is 19.5 Å². The molecule has 0 fully saturated rings. The Balaban J connectivity index is 1.49. The summed E-state index contributed by atoms with van der Waals surface area (Å²) in [5.74, 6) is 1.54. The lowest BCUT2D eigenvalue weighted by Crippen LogP contribution is -2.12. The number of hydrogen-bond acceptors (Lipinski definition) is 6. The second kappa shape index (κ2) is 9.61. The standard InChI is InChI=1S/C25H21N3O4/c1-30-22-12-11-20(14-23(22)31-2)28-24(29)18-8-6-7-17(13-18)19-15-26-25(27-16-19)32-21-9-4-3-5-10-21/h3-16H,1-2H3,(H,28,29). The van der Waals surface area contributed by atoms with Gasteiger partial charge in [0.15, 0.2) is 11.5 Å². The molecule has 1 aromatic heterocycles. The number of nitrogens with one attached hydrogen (secondary N) is 1. The Morgan fingerprint density at radius 3 is 2.25 bits per heavy atom. The van der Waals surface area contributed by atoms with Crippen molar-refractivity contribution in [2.24, 2.45) is 0 Å². The van der Waals surface area contributed by atoms with Gasteiger partial charge in [0.1, 0.15) is 5.75 Å². The maximum absolute atomic E-state index is 12.8. The van der Waals surface area contributed by atoms with Crippen LogP contribution in [0.5, 0.6) is 23.3 Å². The molecule has 1 amide bonds. The summed E-state index contributed by atoms with van der Waals surface area (Å²) >= 11 is 0. The van der Waals surface area contributed by atoms with Crippen LogP contribution in [0.4, 0.5) is 5.69 Å². The van der Waals surface area contributed by atoms with Crippen LogP contribution in [0, 0.1) is 0 Å². The van der Waals surface area contributed by atoms with E-state index < -0.39 is 0 Å². The lowest BCUT2D eigenvalue weighted by atomic mass is 10.1. The molecule has 0 unspecified atom stereocenters. The van der Waals surface area contributed by atoms with Gasteiger partial charge in [-0.15, -0.1) is 0 Å². The molecule has 160 valence electrons. The summed E-state index contributed by atoms with van der Waals surface area (Å²) in [7, 11) is 3.11. The van der Waals surface area contributed by atoms with Gasteiger partial charge in [0.05, 0.1) is 14.2 Å². The first kappa shape index (κ1) is 20.9. The summed E-state index contributed by atoms with van der Waals surface area (Å²) in [6, 6.07) is 22.0. The number of benzene rings is 3. The van der Waals surface area contributed by atoms with Crippen LogP contribution in [0.3, 0.4) is 0 Å². The van der Waals surface area contributed by atoms with Gasteiger partial charge in [-0.2, -0.15) is 0 Å². The van der Waals surface area contributed by atoms with Crippen LogP contribution in [-0.2, 0) is 0 Å². The molecule has 0 saturated carbocycles. The molecule has 1 heterocycles. The third kappa shape index (κ3) is 4.84. The number of amides is 1. The van der Waals surface area contributed by atoms with Crippen LogP contribution in [0.15, 0.2) is 85.2 Å². The number of para-hydroxylation sites is 1. The Morgan fingerprint density at radius 1 is 0.781 bits per heavy atom. The minimum Gasteiger partial charge on any atom is -0.493 e. The van der Waals surface area contributed by atoms with Gasteiger partial charge in [-0.3, -0.25) is 4.79 Å². The molecule has 4 aromatic rings. The van der Waals surface area contributed by atoms with Crippen LogP contribution in [0.2, 0.25) is 0 Å². The average molecular weight is 427 g/mol. The number of rotatable bonds is 7. The Morgan fingerprint density at radius 2 is 1.53 bits per heavy atom. The highest BCUT2D eigenvalue weighted by Gasteiger charge is 2.11. The Kier molecular flexibility index (Phi) is 6.27. The number of nitrogens with zero attached hydrogens (tertiary/aromatic N) is 2. The van der Waals surface area contributed by atoms with E-state index in [1.807, 2.05) is 42.5 Å². The maximum Gasteiger partial charge on any atom is 0.321 e. The minimum absolute atomic E-state index is 0.246. The molecule has 0 aliphatic rings. The molecule has 1 N–H and O–H groups in total. The van der Waals surface area contributed by atoms with Crippen molar-refractivity contribution >= 4 is 11.6 Å². The normalized spacial score (nSPS) is 10.3. The lowest BCUT2D eigenvalue weighted by molar-refractivity contribution is 0.102. The fraction of sp³-hybridized carbons (Fsp3) is 0.0800. The molecule has 0 bridgehead atoms. The van der Waals surface area contributed by atoms with Crippen molar-refractivity contribution in [2.75, 3.05) is 19.5 Å². The van der Waals surface area contributed by atoms with Crippen molar-refractivity contribution in [1.82, 2.24) is 9.97 Å². The number of hydrogen-bond donors (Lipinski definition) is 1. The fourth-order valence-electron chi connectivity index (χ4n) is 3.07. The van der Waals surface area contributed by atoms with E-state index in [9.17, 15) is 4.79 Å². The molecular formula is C25H21N3O4. The molecule has 0 atom stereocenters. The third-order valence-electron chi connectivity index (χ3n) is 4.68. The number of carbonyl (C=O) groups is 1. The third-order valence-corrected chi connectivity index (χ3v) is 4.68. The van der Waals surface area contributed by atoms with Crippen molar-refractivity contribution in [3.8, 4) is 34.4 Å². The molecule has 0 aliphatic heterocycles. The molecule has 0 spiro atoms. The molecule has 7 heteroatoms. The number of methoxy groups -OCH3 is 2. The minimum atomic E-state index is -0.246. The topological polar surface area (TPSA) is 82.6 Å². The first-order valence-corrected chi connectivity index (χ1v) is 9.85. The van der Waals surface area contributed by atoms with Crippen molar-refractivity contribution in [3.63, 3.8) is 0 Å². The fourth-order valence-corrected chi connectivity index (χ4v) is 3.07. The van der Waals surface area contributed by atoms with Gasteiger partial charge in [-0.1, -0.05) is 30.3 Å². The average Bonchev–Trinajstić information content (AvgIpc) is 2.85. The summed E-state index contributed by atoms with van der Waals surface area (Å²) in [5.41, 5.74) is 2.69. The highest BCUT2D eigenvalue weighted by Crippen LogP contribution is 2.30. The van der Waals surface area contributed by atoms with Gasteiger partial charge < -0.3 is 19.5 Å². The molecule has 4 rings (SSSR count). The van der Waals surface area contributed by atoms with E-state index in [-0.39, 0.29) is 11.9 Å². The van der Waals surface area contributed by atoms with E-state index in [2.05, 4.69) is 15.3 Å². The Bertz CT molecular complexity index is 1210. The monoisotopic (exact) mass is 427 g/mol. The van der Waals surface area contributed by atoms with Crippen molar-refractivity contribution in [1.29, 1.82) is 0 Å². The lowest BCUT2D eigenvalue weighted by Gasteiger charge is -2.11. The number of carbonyl (C=O) groups excluding carboxylic acids is 1. The zero-order valence-corrected chi connectivity index (χ0v) is 17.6. The zero-order chi connectivity index (χ0) is 22.3. The number of aromatic nitrogens is 2. The molecule has 0 saturated heterocycles. The van der Waals surface area contributed by atoms with Crippen molar-refractivity contribution < 1.29 is 19.0 Å². The van der Waals surface area contributed by atoms with Crippen LogP contribution >= 0.6 is 0 Å². The van der Waals surface area contributed by atoms with E-state index >= 15 is 0 Å². The van der Waals surface area contributed by atoms with Gasteiger partial charge in [-0.25, -0.2) is 9.97 Å². The van der Waals surface area contributed by atoms with E-state index in [1.54, 1.807) is 56.9 Å². The second-order valence-corrected chi connectivity index (χ2v) is 6.77. The SMILES string of the molecule is COc1ccc(NC(=O)c2cccc(-c3cnc(Oc4ccccc4)nc3)c2)cc1OC. The molecule has 7 nitrogen and oxygen atoms in total. The number of anilines is 1. The van der Waals surface area contributed by atoms with Gasteiger partial charge in [-0.05, 0) is 42.0 Å². The molecular weight excluding hydrogens is 406 g/mol. The van der Waals surface area contributed by atoms with Gasteiger partial charge in [0, 0.05) is 35.3 Å². The second-order valence-electron chi connectivity index (χ2n) is 6.77. The first-order valence-electron chi connectivity index (χ1n) is 9.85. The predicted octanol–water partition coefficient (Wildman–Crippen LogP) is 5.21.